The van der Waals surface area contributed by atoms with E-state index >= 15 is 0 Å². The molecule has 0 atom stereocenters. The Morgan fingerprint density at radius 2 is 1.82 bits per heavy atom. The van der Waals surface area contributed by atoms with Crippen LogP contribution in [0.3, 0.4) is 0 Å². The summed E-state index contributed by atoms with van der Waals surface area (Å²) in [6, 6.07) is 15.8. The lowest BCUT2D eigenvalue weighted by Gasteiger charge is -2.15. The molecule has 0 aliphatic carbocycles. The number of amides is 2. The first-order valence-electron chi connectivity index (χ1n) is 8.27. The van der Waals surface area contributed by atoms with E-state index in [1.807, 2.05) is 30.3 Å². The molecule has 0 radical (unpaired) electrons. The summed E-state index contributed by atoms with van der Waals surface area (Å²) in [5.41, 5.74) is 4.54. The lowest BCUT2D eigenvalue weighted by atomic mass is 10.1. The monoisotopic (exact) mass is 412 g/mol. The van der Waals surface area contributed by atoms with Crippen molar-refractivity contribution in [3.63, 3.8) is 0 Å². The highest BCUT2D eigenvalue weighted by molar-refractivity contribution is 8.26. The zero-order valence-electron chi connectivity index (χ0n) is 14.9. The van der Waals surface area contributed by atoms with Crippen LogP contribution >= 0.6 is 24.0 Å². The molecule has 0 bridgehead atoms. The number of carbonyl (C=O) groups excluding carboxylic acids is 3. The van der Waals surface area contributed by atoms with Crippen LogP contribution < -0.4 is 5.43 Å². The number of hydrogen-bond donors (Lipinski definition) is 1. The highest BCUT2D eigenvalue weighted by Crippen LogP contribution is 2.31. The number of hydrogen-bond acceptors (Lipinski definition) is 6. The molecule has 8 heteroatoms. The molecule has 0 saturated carbocycles. The van der Waals surface area contributed by atoms with Crippen LogP contribution in [0.1, 0.15) is 21.5 Å². The number of nitrogens with one attached hydrogen (secondary N) is 1. The molecule has 0 spiro atoms. The Bertz CT molecular complexity index is 956. The van der Waals surface area contributed by atoms with Crippen molar-refractivity contribution in [3.05, 3.63) is 76.2 Å². The van der Waals surface area contributed by atoms with Gasteiger partial charge >= 0.3 is 5.97 Å². The number of thioether (sulfide) groups is 1. The molecule has 6 nitrogen and oxygen atoms in total. The second kappa shape index (κ2) is 8.81. The van der Waals surface area contributed by atoms with Crippen LogP contribution in [0, 0.1) is 0 Å². The number of hydrazine groups is 1. The third-order valence-electron chi connectivity index (χ3n) is 3.87. The molecule has 28 heavy (non-hydrogen) atoms. The van der Waals surface area contributed by atoms with Gasteiger partial charge in [0.25, 0.3) is 5.91 Å². The molecule has 2 aromatic rings. The molecule has 1 N–H and O–H groups in total. The predicted octanol–water partition coefficient (Wildman–Crippen LogP) is 2.95. The number of thiocarbonyl (C=S) groups is 1. The number of rotatable bonds is 5. The lowest BCUT2D eigenvalue weighted by Crippen LogP contribution is -2.45. The standard InChI is InChI=1S/C20H16N2O4S2/c1-26-19(25)15-9-7-14(8-10-15)11-16-18(24)22(20(27)28-16)21-17(23)12-13-5-3-2-4-6-13/h2-11H,12H2,1H3,(H,21,23)/b16-11+. The summed E-state index contributed by atoms with van der Waals surface area (Å²) < 4.78 is 4.91. The first-order valence-corrected chi connectivity index (χ1v) is 9.50. The largest absolute Gasteiger partial charge is 0.465 e. The molecular formula is C20H16N2O4S2. The fourth-order valence-corrected chi connectivity index (χ4v) is 3.67. The lowest BCUT2D eigenvalue weighted by molar-refractivity contribution is -0.132. The second-order valence-corrected chi connectivity index (χ2v) is 7.50. The van der Waals surface area contributed by atoms with Gasteiger partial charge in [-0.05, 0) is 41.6 Å². The van der Waals surface area contributed by atoms with Gasteiger partial charge in [-0.2, -0.15) is 5.01 Å². The van der Waals surface area contributed by atoms with Crippen molar-refractivity contribution >= 4 is 52.2 Å². The van der Waals surface area contributed by atoms with Crippen molar-refractivity contribution in [1.82, 2.24) is 10.4 Å². The number of methoxy groups -OCH3 is 1. The zero-order valence-corrected chi connectivity index (χ0v) is 16.5. The van der Waals surface area contributed by atoms with Gasteiger partial charge in [0, 0.05) is 0 Å². The van der Waals surface area contributed by atoms with E-state index in [9.17, 15) is 14.4 Å². The summed E-state index contributed by atoms with van der Waals surface area (Å²) in [6.45, 7) is 0. The van der Waals surface area contributed by atoms with E-state index in [4.69, 9.17) is 12.2 Å². The van der Waals surface area contributed by atoms with Gasteiger partial charge in [-0.15, -0.1) is 0 Å². The molecular weight excluding hydrogens is 396 g/mol. The van der Waals surface area contributed by atoms with Crippen molar-refractivity contribution in [2.24, 2.45) is 0 Å². The number of carbonyl (C=O) groups is 3. The van der Waals surface area contributed by atoms with Gasteiger partial charge in [-0.1, -0.05) is 54.2 Å². The van der Waals surface area contributed by atoms with Gasteiger partial charge in [0.1, 0.15) is 0 Å². The quantitative estimate of drug-likeness (QED) is 0.462. The van der Waals surface area contributed by atoms with Crippen LogP contribution in [-0.2, 0) is 20.7 Å². The molecule has 1 saturated heterocycles. The van der Waals surface area contributed by atoms with E-state index in [1.54, 1.807) is 30.3 Å². The first kappa shape index (κ1) is 19.8. The Hall–Kier alpha value is -2.97. The fourth-order valence-electron chi connectivity index (χ4n) is 2.49. The van der Waals surface area contributed by atoms with Crippen molar-refractivity contribution in [1.29, 1.82) is 0 Å². The predicted molar refractivity (Wildman–Crippen MR) is 111 cm³/mol. The minimum absolute atomic E-state index is 0.145. The van der Waals surface area contributed by atoms with Crippen LogP contribution in [-0.4, -0.2) is 34.2 Å². The zero-order chi connectivity index (χ0) is 20.1. The van der Waals surface area contributed by atoms with Gasteiger partial charge in [0.2, 0.25) is 5.91 Å². The highest BCUT2D eigenvalue weighted by atomic mass is 32.2. The minimum Gasteiger partial charge on any atom is -0.465 e. The average molecular weight is 412 g/mol. The third-order valence-corrected chi connectivity index (χ3v) is 5.17. The van der Waals surface area contributed by atoms with Crippen LogP contribution in [0.2, 0.25) is 0 Å². The molecule has 1 aliphatic rings. The van der Waals surface area contributed by atoms with E-state index in [0.717, 1.165) is 27.9 Å². The maximum atomic E-state index is 12.6. The molecule has 1 fully saturated rings. The third kappa shape index (κ3) is 4.65. The topological polar surface area (TPSA) is 75.7 Å². The van der Waals surface area contributed by atoms with Crippen LogP contribution in [0.15, 0.2) is 59.5 Å². The second-order valence-electron chi connectivity index (χ2n) is 5.83. The van der Waals surface area contributed by atoms with Crippen molar-refractivity contribution in [2.45, 2.75) is 6.42 Å². The van der Waals surface area contributed by atoms with E-state index in [0.29, 0.717) is 10.5 Å². The van der Waals surface area contributed by atoms with E-state index in [1.165, 1.54) is 7.11 Å². The Balaban J connectivity index is 1.68. The van der Waals surface area contributed by atoms with Gasteiger partial charge in [0.15, 0.2) is 4.32 Å². The maximum absolute atomic E-state index is 12.6. The number of ether oxygens (including phenoxy) is 1. The fraction of sp³-hybridized carbons (Fsp3) is 0.100. The Labute approximate surface area is 171 Å². The summed E-state index contributed by atoms with van der Waals surface area (Å²) in [6.07, 6.45) is 1.80. The van der Waals surface area contributed by atoms with E-state index < -0.39 is 11.9 Å². The highest BCUT2D eigenvalue weighted by Gasteiger charge is 2.33. The summed E-state index contributed by atoms with van der Waals surface area (Å²) in [7, 11) is 1.31. The van der Waals surface area contributed by atoms with Crippen LogP contribution in [0.5, 0.6) is 0 Å². The molecule has 0 unspecified atom stereocenters. The normalized spacial score (nSPS) is 15.0. The van der Waals surface area contributed by atoms with Crippen LogP contribution in [0.4, 0.5) is 0 Å². The molecule has 2 aromatic carbocycles. The van der Waals surface area contributed by atoms with Crippen LogP contribution in [0.25, 0.3) is 6.08 Å². The summed E-state index contributed by atoms with van der Waals surface area (Å²) in [5.74, 6) is -1.15. The molecule has 2 amide bonds. The molecule has 1 aliphatic heterocycles. The van der Waals surface area contributed by atoms with E-state index in [2.05, 4.69) is 10.2 Å². The average Bonchev–Trinajstić information content (AvgIpc) is 2.96. The Kier molecular flexibility index (Phi) is 6.23. The number of benzene rings is 2. The first-order chi connectivity index (χ1) is 13.5. The summed E-state index contributed by atoms with van der Waals surface area (Å²) >= 11 is 6.32. The number of esters is 1. The Morgan fingerprint density at radius 3 is 2.46 bits per heavy atom. The summed E-state index contributed by atoms with van der Waals surface area (Å²) in [4.78, 5) is 36.7. The molecule has 142 valence electrons. The van der Waals surface area contributed by atoms with Gasteiger partial charge < -0.3 is 4.74 Å². The molecule has 1 heterocycles. The van der Waals surface area contributed by atoms with Crippen molar-refractivity contribution in [3.8, 4) is 0 Å². The molecule has 3 rings (SSSR count). The number of nitrogens with zero attached hydrogens (tertiary/aromatic N) is 1. The van der Waals surface area contributed by atoms with Gasteiger partial charge in [-0.25, -0.2) is 4.79 Å². The Morgan fingerprint density at radius 1 is 1.14 bits per heavy atom. The van der Waals surface area contributed by atoms with Crippen molar-refractivity contribution < 1.29 is 19.1 Å². The van der Waals surface area contributed by atoms with E-state index in [-0.39, 0.29) is 16.6 Å². The minimum atomic E-state index is -0.431. The molecule has 0 aromatic heterocycles. The summed E-state index contributed by atoms with van der Waals surface area (Å²) in [5, 5.41) is 1.08. The van der Waals surface area contributed by atoms with Gasteiger partial charge in [0.05, 0.1) is 24.0 Å². The SMILES string of the molecule is COC(=O)c1ccc(/C=C2/SC(=S)N(NC(=O)Cc3ccccc3)C2=O)cc1. The smallest absolute Gasteiger partial charge is 0.337 e. The van der Waals surface area contributed by atoms with Crippen molar-refractivity contribution in [2.75, 3.05) is 7.11 Å². The maximum Gasteiger partial charge on any atom is 0.337 e. The van der Waals surface area contributed by atoms with Gasteiger partial charge in [-0.3, -0.25) is 15.0 Å².